The lowest BCUT2D eigenvalue weighted by molar-refractivity contribution is -0.161. The van der Waals surface area contributed by atoms with E-state index in [1.165, 1.54) is 199 Å². The molecule has 0 aliphatic carbocycles. The Bertz CT molecular complexity index is 1870. The Morgan fingerprint density at radius 2 is 0.531 bits per heavy atom. The minimum Gasteiger partial charge on any atom is -0.462 e. The Kier molecular flexibility index (Phi) is 66.2. The molecule has 0 rings (SSSR count). The number of aliphatic hydroxyl groups is 1. The van der Waals surface area contributed by atoms with Gasteiger partial charge in [0.2, 0.25) is 0 Å². The van der Waals surface area contributed by atoms with Gasteiger partial charge in [0.1, 0.15) is 19.3 Å². The molecule has 0 aliphatic heterocycles. The molecule has 0 saturated heterocycles. The molecule has 0 aromatic heterocycles. The molecule has 0 aromatic rings. The molecule has 0 bridgehead atoms. The molecule has 0 spiro atoms. The molecular formula is C77H150O17P2. The third-order valence-electron chi connectivity index (χ3n) is 18.2. The monoisotopic (exact) mass is 1410 g/mol. The largest absolute Gasteiger partial charge is 0.472 e. The van der Waals surface area contributed by atoms with Gasteiger partial charge in [0.05, 0.1) is 26.4 Å². The van der Waals surface area contributed by atoms with Crippen LogP contribution in [0.1, 0.15) is 395 Å². The smallest absolute Gasteiger partial charge is 0.462 e. The van der Waals surface area contributed by atoms with Crippen LogP contribution in [0.3, 0.4) is 0 Å². The van der Waals surface area contributed by atoms with Gasteiger partial charge in [0.25, 0.3) is 0 Å². The van der Waals surface area contributed by atoms with E-state index in [1.807, 2.05) is 0 Å². The van der Waals surface area contributed by atoms with Crippen LogP contribution in [-0.4, -0.2) is 96.7 Å². The first-order valence-corrected chi connectivity index (χ1v) is 42.9. The molecule has 0 saturated carbocycles. The summed E-state index contributed by atoms with van der Waals surface area (Å²) in [6.45, 7) is 11.9. The maximum atomic E-state index is 13.1. The molecule has 0 radical (unpaired) electrons. The molecular weight excluding hydrogens is 1260 g/mol. The summed E-state index contributed by atoms with van der Waals surface area (Å²) in [4.78, 5) is 72.8. The highest BCUT2D eigenvalue weighted by Gasteiger charge is 2.30. The van der Waals surface area contributed by atoms with Crippen molar-refractivity contribution in [3.05, 3.63) is 0 Å². The van der Waals surface area contributed by atoms with Gasteiger partial charge in [0.15, 0.2) is 12.2 Å². The molecule has 3 unspecified atom stereocenters. The highest BCUT2D eigenvalue weighted by atomic mass is 31.2. The Morgan fingerprint density at radius 1 is 0.302 bits per heavy atom. The molecule has 6 atom stereocenters. The van der Waals surface area contributed by atoms with Gasteiger partial charge in [-0.1, -0.05) is 344 Å². The van der Waals surface area contributed by atoms with Gasteiger partial charge in [-0.3, -0.25) is 37.3 Å². The summed E-state index contributed by atoms with van der Waals surface area (Å²) in [5.74, 6) is 0.147. The highest BCUT2D eigenvalue weighted by molar-refractivity contribution is 7.47. The average molecular weight is 1410 g/mol. The van der Waals surface area contributed by atoms with Crippen LogP contribution in [0.15, 0.2) is 0 Å². The van der Waals surface area contributed by atoms with Crippen molar-refractivity contribution < 1.29 is 80.2 Å². The van der Waals surface area contributed by atoms with E-state index in [0.29, 0.717) is 31.6 Å². The van der Waals surface area contributed by atoms with Crippen molar-refractivity contribution >= 4 is 39.5 Å². The van der Waals surface area contributed by atoms with Gasteiger partial charge in [0, 0.05) is 25.7 Å². The Morgan fingerprint density at radius 3 is 0.792 bits per heavy atom. The summed E-state index contributed by atoms with van der Waals surface area (Å²) in [6.07, 6.45) is 54.2. The number of unbranched alkanes of at least 4 members (excludes halogenated alkanes) is 42. The number of rotatable bonds is 75. The number of carbonyl (C=O) groups excluding carboxylic acids is 4. The van der Waals surface area contributed by atoms with E-state index in [0.717, 1.165) is 108 Å². The maximum absolute atomic E-state index is 13.1. The average Bonchev–Trinajstić information content (AvgIpc) is 1.10. The van der Waals surface area contributed by atoms with E-state index in [4.69, 9.17) is 37.0 Å². The topological polar surface area (TPSA) is 237 Å². The standard InChI is InChI=1S/C77H150O17P2/c1-8-10-11-12-13-14-15-16-17-18-19-20-23-27-30-38-46-53-60-76(81)93-72(64-87-74(79)58-51-44-37-29-26-24-21-22-25-28-34-41-48-55-68(3)4)66-91-95(83,84)89-62-71(78)63-90-96(85,86)92-67-73(65-88-75(80)59-52-45-40-33-35-42-49-56-69(5)6)94-77(82)61-54-47-39-32-31-36-43-50-57-70(7)9-2/h68-73,78H,8-67H2,1-7H3,(H,83,84)(H,85,86)/t70?,71-,72-,73-/m1/s1. The zero-order valence-corrected chi connectivity index (χ0v) is 64.6. The fourth-order valence-electron chi connectivity index (χ4n) is 11.7. The van der Waals surface area contributed by atoms with Crippen molar-refractivity contribution in [2.24, 2.45) is 17.8 Å². The Balaban J connectivity index is 5.24. The van der Waals surface area contributed by atoms with Crippen LogP contribution >= 0.6 is 15.6 Å². The number of hydrogen-bond acceptors (Lipinski definition) is 15. The van der Waals surface area contributed by atoms with Crippen LogP contribution in [0.4, 0.5) is 0 Å². The van der Waals surface area contributed by atoms with Crippen LogP contribution < -0.4 is 0 Å². The first-order chi connectivity index (χ1) is 46.3. The van der Waals surface area contributed by atoms with E-state index < -0.39 is 97.5 Å². The minimum absolute atomic E-state index is 0.104. The fourth-order valence-corrected chi connectivity index (χ4v) is 13.3. The van der Waals surface area contributed by atoms with Gasteiger partial charge in [-0.2, -0.15) is 0 Å². The van der Waals surface area contributed by atoms with Crippen LogP contribution in [0.5, 0.6) is 0 Å². The van der Waals surface area contributed by atoms with Gasteiger partial charge in [-0.15, -0.1) is 0 Å². The van der Waals surface area contributed by atoms with Crippen LogP contribution in [0.2, 0.25) is 0 Å². The molecule has 0 aliphatic rings. The van der Waals surface area contributed by atoms with Crippen molar-refractivity contribution in [3.8, 4) is 0 Å². The first kappa shape index (κ1) is 94.1. The summed E-state index contributed by atoms with van der Waals surface area (Å²) in [5.41, 5.74) is 0. The lowest BCUT2D eigenvalue weighted by Gasteiger charge is -2.21. The number of phosphoric ester groups is 2. The molecule has 0 amide bonds. The zero-order valence-electron chi connectivity index (χ0n) is 62.8. The maximum Gasteiger partial charge on any atom is 0.472 e. The van der Waals surface area contributed by atoms with E-state index in [9.17, 15) is 43.2 Å². The number of aliphatic hydroxyl groups excluding tert-OH is 1. The van der Waals surface area contributed by atoms with Crippen LogP contribution in [0.25, 0.3) is 0 Å². The van der Waals surface area contributed by atoms with E-state index in [-0.39, 0.29) is 25.7 Å². The van der Waals surface area contributed by atoms with E-state index >= 15 is 0 Å². The summed E-state index contributed by atoms with van der Waals surface area (Å²) in [6, 6.07) is 0. The number of ether oxygens (including phenoxy) is 4. The molecule has 96 heavy (non-hydrogen) atoms. The van der Waals surface area contributed by atoms with Crippen molar-refractivity contribution in [3.63, 3.8) is 0 Å². The number of carbonyl (C=O) groups is 4. The molecule has 570 valence electrons. The Labute approximate surface area is 588 Å². The van der Waals surface area contributed by atoms with Gasteiger partial charge in [-0.05, 0) is 43.4 Å². The fraction of sp³-hybridized carbons (Fsp3) is 0.948. The van der Waals surface area contributed by atoms with Crippen molar-refractivity contribution in [2.75, 3.05) is 39.6 Å². The predicted molar refractivity (Wildman–Crippen MR) is 391 cm³/mol. The van der Waals surface area contributed by atoms with E-state index in [1.54, 1.807) is 0 Å². The lowest BCUT2D eigenvalue weighted by Crippen LogP contribution is -2.30. The van der Waals surface area contributed by atoms with Crippen LogP contribution in [-0.2, 0) is 65.4 Å². The van der Waals surface area contributed by atoms with Gasteiger partial charge < -0.3 is 33.8 Å². The Hall–Kier alpha value is -1.94. The normalized spacial score (nSPS) is 14.3. The highest BCUT2D eigenvalue weighted by Crippen LogP contribution is 2.45. The second-order valence-electron chi connectivity index (χ2n) is 28.9. The third kappa shape index (κ3) is 69.2. The number of esters is 4. The SMILES string of the molecule is CCCCCCCCCCCCCCCCCCCCC(=O)O[C@H](COC(=O)CCCCCCCCCCCCCCCC(C)C)COP(=O)(O)OC[C@@H](O)COP(=O)(O)OC[C@@H](COC(=O)CCCCCCCCCC(C)C)OC(=O)CCCCCCCCCCC(C)CC. The molecule has 17 nitrogen and oxygen atoms in total. The summed E-state index contributed by atoms with van der Waals surface area (Å²) >= 11 is 0. The minimum atomic E-state index is -4.96. The summed E-state index contributed by atoms with van der Waals surface area (Å²) < 4.78 is 68.6. The number of phosphoric acid groups is 2. The quantitative estimate of drug-likeness (QED) is 0.0222. The predicted octanol–water partition coefficient (Wildman–Crippen LogP) is 22.6. The molecule has 19 heteroatoms. The molecule has 3 N–H and O–H groups in total. The molecule has 0 aromatic carbocycles. The van der Waals surface area contributed by atoms with Crippen molar-refractivity contribution in [1.82, 2.24) is 0 Å². The molecule has 0 heterocycles. The van der Waals surface area contributed by atoms with Crippen molar-refractivity contribution in [2.45, 2.75) is 414 Å². The van der Waals surface area contributed by atoms with Crippen LogP contribution in [0, 0.1) is 17.8 Å². The van der Waals surface area contributed by atoms with Gasteiger partial charge in [-0.25, -0.2) is 9.13 Å². The van der Waals surface area contributed by atoms with Crippen molar-refractivity contribution in [1.29, 1.82) is 0 Å². The first-order valence-electron chi connectivity index (χ1n) is 39.9. The number of hydrogen-bond donors (Lipinski definition) is 3. The molecule has 0 fully saturated rings. The zero-order chi connectivity index (χ0) is 70.9. The van der Waals surface area contributed by atoms with Gasteiger partial charge >= 0.3 is 39.5 Å². The summed E-state index contributed by atoms with van der Waals surface area (Å²) in [7, 11) is -9.91. The third-order valence-corrected chi connectivity index (χ3v) is 20.1. The second-order valence-corrected chi connectivity index (χ2v) is 31.8. The summed E-state index contributed by atoms with van der Waals surface area (Å²) in [5, 5.41) is 10.6. The second kappa shape index (κ2) is 67.5. The lowest BCUT2D eigenvalue weighted by atomic mass is 9.99. The van der Waals surface area contributed by atoms with E-state index in [2.05, 4.69) is 48.5 Å².